The highest BCUT2D eigenvalue weighted by atomic mass is 16.7. The number of hydrogen-bond donors (Lipinski definition) is 1. The third-order valence-electron chi connectivity index (χ3n) is 3.26. The first kappa shape index (κ1) is 13.2. The van der Waals surface area contributed by atoms with Crippen molar-refractivity contribution in [2.75, 3.05) is 19.8 Å². The molecule has 1 saturated heterocycles. The summed E-state index contributed by atoms with van der Waals surface area (Å²) in [5.74, 6) is 0. The Morgan fingerprint density at radius 1 is 1.30 bits per heavy atom. The molecule has 0 radical (unpaired) electrons. The third kappa shape index (κ3) is 3.04. The van der Waals surface area contributed by atoms with Gasteiger partial charge in [0.15, 0.2) is 6.29 Å². The Labute approximate surface area is 117 Å². The fourth-order valence-corrected chi connectivity index (χ4v) is 2.08. The van der Waals surface area contributed by atoms with E-state index in [1.54, 1.807) is 4.68 Å². The van der Waals surface area contributed by atoms with Gasteiger partial charge in [-0.25, -0.2) is 4.68 Å². The van der Waals surface area contributed by atoms with Gasteiger partial charge in [-0.05, 0) is 19.1 Å². The van der Waals surface area contributed by atoms with Crippen molar-refractivity contribution >= 4 is 0 Å². The SMILES string of the molecule is C[C@@H](NCC1OCCO1)c1cn(-c2ccccc2)nn1. The Balaban J connectivity index is 1.61. The molecule has 1 aromatic carbocycles. The van der Waals surface area contributed by atoms with Crippen molar-refractivity contribution in [3.63, 3.8) is 0 Å². The Kier molecular flexibility index (Phi) is 4.05. The lowest BCUT2D eigenvalue weighted by atomic mass is 10.2. The maximum Gasteiger partial charge on any atom is 0.170 e. The highest BCUT2D eigenvalue weighted by Crippen LogP contribution is 2.12. The summed E-state index contributed by atoms with van der Waals surface area (Å²) in [6.07, 6.45) is 1.78. The zero-order valence-electron chi connectivity index (χ0n) is 11.4. The van der Waals surface area contributed by atoms with Crippen LogP contribution in [0.25, 0.3) is 5.69 Å². The van der Waals surface area contributed by atoms with Gasteiger partial charge in [0.05, 0.1) is 36.8 Å². The summed E-state index contributed by atoms with van der Waals surface area (Å²) in [5.41, 5.74) is 1.90. The lowest BCUT2D eigenvalue weighted by molar-refractivity contribution is -0.0404. The molecule has 106 valence electrons. The number of benzene rings is 1. The first-order valence-electron chi connectivity index (χ1n) is 6.77. The molecule has 6 heteroatoms. The predicted molar refractivity (Wildman–Crippen MR) is 73.5 cm³/mol. The smallest absolute Gasteiger partial charge is 0.170 e. The van der Waals surface area contributed by atoms with Crippen LogP contribution < -0.4 is 5.32 Å². The lowest BCUT2D eigenvalue weighted by Gasteiger charge is -2.14. The van der Waals surface area contributed by atoms with Crippen molar-refractivity contribution in [3.05, 3.63) is 42.2 Å². The van der Waals surface area contributed by atoms with E-state index >= 15 is 0 Å². The Morgan fingerprint density at radius 3 is 2.80 bits per heavy atom. The highest BCUT2D eigenvalue weighted by Gasteiger charge is 2.18. The molecule has 1 aromatic heterocycles. The average Bonchev–Trinajstić information content (AvgIpc) is 3.17. The zero-order chi connectivity index (χ0) is 13.8. The third-order valence-corrected chi connectivity index (χ3v) is 3.26. The number of aromatic nitrogens is 3. The summed E-state index contributed by atoms with van der Waals surface area (Å²) >= 11 is 0. The van der Waals surface area contributed by atoms with E-state index in [4.69, 9.17) is 9.47 Å². The van der Waals surface area contributed by atoms with Gasteiger partial charge in [0.25, 0.3) is 0 Å². The first-order valence-corrected chi connectivity index (χ1v) is 6.77. The number of hydrogen-bond acceptors (Lipinski definition) is 5. The van der Waals surface area contributed by atoms with Gasteiger partial charge in [0.1, 0.15) is 0 Å². The van der Waals surface area contributed by atoms with Gasteiger partial charge in [-0.15, -0.1) is 5.10 Å². The Morgan fingerprint density at radius 2 is 2.05 bits per heavy atom. The fourth-order valence-electron chi connectivity index (χ4n) is 2.08. The number of para-hydroxylation sites is 1. The summed E-state index contributed by atoms with van der Waals surface area (Å²) in [6, 6.07) is 10.0. The van der Waals surface area contributed by atoms with Crippen LogP contribution in [0.4, 0.5) is 0 Å². The van der Waals surface area contributed by atoms with Gasteiger partial charge in [0.2, 0.25) is 0 Å². The maximum atomic E-state index is 5.39. The maximum absolute atomic E-state index is 5.39. The number of rotatable bonds is 5. The molecule has 20 heavy (non-hydrogen) atoms. The predicted octanol–water partition coefficient (Wildman–Crippen LogP) is 1.29. The van der Waals surface area contributed by atoms with Crippen LogP contribution in [0.1, 0.15) is 18.7 Å². The zero-order valence-corrected chi connectivity index (χ0v) is 11.4. The van der Waals surface area contributed by atoms with Crippen molar-refractivity contribution in [1.82, 2.24) is 20.3 Å². The second-order valence-corrected chi connectivity index (χ2v) is 4.72. The Bertz CT molecular complexity index is 537. The minimum absolute atomic E-state index is 0.0975. The molecule has 0 amide bonds. The van der Waals surface area contributed by atoms with E-state index < -0.39 is 0 Å². The first-order chi connectivity index (χ1) is 9.83. The molecule has 1 atom stereocenters. The molecule has 0 unspecified atom stereocenters. The van der Waals surface area contributed by atoms with Crippen LogP contribution in [-0.4, -0.2) is 41.0 Å². The topological polar surface area (TPSA) is 61.2 Å². The molecule has 2 heterocycles. The molecule has 1 N–H and O–H groups in total. The van der Waals surface area contributed by atoms with Gasteiger partial charge < -0.3 is 14.8 Å². The highest BCUT2D eigenvalue weighted by molar-refractivity contribution is 5.30. The van der Waals surface area contributed by atoms with E-state index in [0.717, 1.165) is 11.4 Å². The van der Waals surface area contributed by atoms with Crippen molar-refractivity contribution in [2.24, 2.45) is 0 Å². The summed E-state index contributed by atoms with van der Waals surface area (Å²) in [7, 11) is 0. The van der Waals surface area contributed by atoms with Gasteiger partial charge in [-0.2, -0.15) is 0 Å². The van der Waals surface area contributed by atoms with Crippen molar-refractivity contribution < 1.29 is 9.47 Å². The van der Waals surface area contributed by atoms with E-state index in [-0.39, 0.29) is 12.3 Å². The molecular weight excluding hydrogens is 256 g/mol. The summed E-state index contributed by atoms with van der Waals surface area (Å²) in [6.45, 7) is 4.05. The van der Waals surface area contributed by atoms with Crippen molar-refractivity contribution in [2.45, 2.75) is 19.3 Å². The molecule has 1 fully saturated rings. The van der Waals surface area contributed by atoms with Gasteiger partial charge >= 0.3 is 0 Å². The molecule has 0 spiro atoms. The quantitative estimate of drug-likeness (QED) is 0.890. The minimum atomic E-state index is -0.151. The van der Waals surface area contributed by atoms with Crippen molar-refractivity contribution in [1.29, 1.82) is 0 Å². The van der Waals surface area contributed by atoms with Gasteiger partial charge in [-0.3, -0.25) is 0 Å². The van der Waals surface area contributed by atoms with Crippen LogP contribution >= 0.6 is 0 Å². The molecule has 3 rings (SSSR count). The molecular formula is C14H18N4O2. The molecule has 0 bridgehead atoms. The molecule has 2 aromatic rings. The van der Waals surface area contributed by atoms with Gasteiger partial charge in [-0.1, -0.05) is 23.4 Å². The van der Waals surface area contributed by atoms with Crippen LogP contribution in [0.5, 0.6) is 0 Å². The minimum Gasteiger partial charge on any atom is -0.349 e. The van der Waals surface area contributed by atoms with Crippen LogP contribution in [0, 0.1) is 0 Å². The molecule has 0 saturated carbocycles. The summed E-state index contributed by atoms with van der Waals surface area (Å²) in [5, 5.41) is 11.7. The second kappa shape index (κ2) is 6.13. The van der Waals surface area contributed by atoms with Crippen molar-refractivity contribution in [3.8, 4) is 5.69 Å². The van der Waals surface area contributed by atoms with E-state index in [2.05, 4.69) is 15.6 Å². The largest absolute Gasteiger partial charge is 0.349 e. The molecule has 1 aliphatic rings. The Hall–Kier alpha value is -1.76. The lowest BCUT2D eigenvalue weighted by Crippen LogP contribution is -2.29. The van der Waals surface area contributed by atoms with E-state index in [1.165, 1.54) is 0 Å². The summed E-state index contributed by atoms with van der Waals surface area (Å²) in [4.78, 5) is 0. The standard InChI is InChI=1S/C14H18N4O2/c1-11(15-9-14-19-7-8-20-14)13-10-18(17-16-13)12-5-3-2-4-6-12/h2-6,10-11,14-15H,7-9H2,1H3/t11-/m1/s1. The molecule has 6 nitrogen and oxygen atoms in total. The van der Waals surface area contributed by atoms with Crippen LogP contribution in [0.15, 0.2) is 36.5 Å². The average molecular weight is 274 g/mol. The number of ether oxygens (including phenoxy) is 2. The fraction of sp³-hybridized carbons (Fsp3) is 0.429. The van der Waals surface area contributed by atoms with Gasteiger partial charge in [0, 0.05) is 6.54 Å². The van der Waals surface area contributed by atoms with Crippen LogP contribution in [0.2, 0.25) is 0 Å². The summed E-state index contributed by atoms with van der Waals surface area (Å²) < 4.78 is 12.5. The molecule has 1 aliphatic heterocycles. The van der Waals surface area contributed by atoms with Crippen LogP contribution in [-0.2, 0) is 9.47 Å². The second-order valence-electron chi connectivity index (χ2n) is 4.72. The normalized spacial score (nSPS) is 17.4. The number of nitrogens with one attached hydrogen (secondary N) is 1. The van der Waals surface area contributed by atoms with Crippen LogP contribution in [0.3, 0.4) is 0 Å². The molecule has 0 aliphatic carbocycles. The van der Waals surface area contributed by atoms with E-state index in [0.29, 0.717) is 19.8 Å². The monoisotopic (exact) mass is 274 g/mol. The van der Waals surface area contributed by atoms with E-state index in [9.17, 15) is 0 Å². The number of nitrogens with zero attached hydrogens (tertiary/aromatic N) is 3. The van der Waals surface area contributed by atoms with E-state index in [1.807, 2.05) is 43.5 Å².